The van der Waals surface area contributed by atoms with Crippen molar-refractivity contribution in [2.24, 2.45) is 11.8 Å². The summed E-state index contributed by atoms with van der Waals surface area (Å²) in [6.45, 7) is 1.74. The van der Waals surface area contributed by atoms with Crippen molar-refractivity contribution in [2.45, 2.75) is 45.1 Å². The van der Waals surface area contributed by atoms with Crippen LogP contribution >= 0.6 is 0 Å². The Kier molecular flexibility index (Phi) is 6.03. The maximum absolute atomic E-state index is 11.8. The minimum atomic E-state index is -0.985. The van der Waals surface area contributed by atoms with Gasteiger partial charge in [0.1, 0.15) is 13.2 Å². The van der Waals surface area contributed by atoms with Crippen LogP contribution in [0.5, 0.6) is 0 Å². The molecule has 0 aromatic rings. The van der Waals surface area contributed by atoms with Crippen molar-refractivity contribution in [1.82, 2.24) is 0 Å². The van der Waals surface area contributed by atoms with Gasteiger partial charge in [-0.1, -0.05) is 19.3 Å². The van der Waals surface area contributed by atoms with E-state index in [1.54, 1.807) is 0 Å². The van der Waals surface area contributed by atoms with Crippen LogP contribution in [0.4, 0.5) is 4.79 Å². The summed E-state index contributed by atoms with van der Waals surface area (Å²) in [6, 6.07) is 0. The fourth-order valence-electron chi connectivity index (χ4n) is 2.52. The van der Waals surface area contributed by atoms with E-state index >= 15 is 0 Å². The Bertz CT molecular complexity index is 414. The van der Waals surface area contributed by atoms with Crippen LogP contribution in [0.25, 0.3) is 0 Å². The molecule has 0 N–H and O–H groups in total. The highest BCUT2D eigenvalue weighted by molar-refractivity contribution is 5.94. The van der Waals surface area contributed by atoms with Crippen LogP contribution in [-0.2, 0) is 28.5 Å². The van der Waals surface area contributed by atoms with E-state index in [0.29, 0.717) is 12.5 Å². The van der Waals surface area contributed by atoms with Crippen molar-refractivity contribution in [3.8, 4) is 0 Å². The lowest BCUT2D eigenvalue weighted by Gasteiger charge is -2.21. The zero-order valence-corrected chi connectivity index (χ0v) is 12.7. The molecule has 1 saturated heterocycles. The molecule has 1 saturated carbocycles. The maximum atomic E-state index is 11.8. The Morgan fingerprint density at radius 3 is 2.36 bits per heavy atom. The van der Waals surface area contributed by atoms with Gasteiger partial charge in [0.2, 0.25) is 0 Å². The normalized spacial score (nSPS) is 23.3. The second-order valence-corrected chi connectivity index (χ2v) is 5.79. The van der Waals surface area contributed by atoms with Crippen LogP contribution in [0.1, 0.15) is 39.0 Å². The topological polar surface area (TPSA) is 88.1 Å². The summed E-state index contributed by atoms with van der Waals surface area (Å²) in [5, 5.41) is 0. The average Bonchev–Trinajstić information content (AvgIpc) is 2.96. The van der Waals surface area contributed by atoms with E-state index in [4.69, 9.17) is 14.2 Å². The van der Waals surface area contributed by atoms with E-state index in [1.165, 1.54) is 26.2 Å². The summed E-state index contributed by atoms with van der Waals surface area (Å²) in [6.07, 6.45) is 4.33. The largest absolute Gasteiger partial charge is 0.508 e. The lowest BCUT2D eigenvalue weighted by molar-refractivity contribution is -0.163. The van der Waals surface area contributed by atoms with E-state index in [9.17, 15) is 14.4 Å². The lowest BCUT2D eigenvalue weighted by atomic mass is 9.90. The summed E-state index contributed by atoms with van der Waals surface area (Å²) in [7, 11) is 0. The number of ether oxygens (including phenoxy) is 4. The first-order chi connectivity index (χ1) is 10.6. The third-order valence-electron chi connectivity index (χ3n) is 3.95. The van der Waals surface area contributed by atoms with Gasteiger partial charge in [0.15, 0.2) is 12.0 Å². The molecule has 0 radical (unpaired) electrons. The van der Waals surface area contributed by atoms with Gasteiger partial charge in [-0.25, -0.2) is 4.79 Å². The third-order valence-corrected chi connectivity index (χ3v) is 3.95. The highest BCUT2D eigenvalue weighted by Crippen LogP contribution is 2.24. The molecular weight excluding hydrogens is 292 g/mol. The minimum absolute atomic E-state index is 0.0482. The highest BCUT2D eigenvalue weighted by atomic mass is 16.8. The molecule has 1 heterocycles. The minimum Gasteiger partial charge on any atom is -0.465 e. The number of esters is 2. The number of carbonyl (C=O) groups excluding carboxylic acids is 3. The van der Waals surface area contributed by atoms with Crippen molar-refractivity contribution in [2.75, 3.05) is 19.8 Å². The molecule has 1 aliphatic heterocycles. The molecule has 0 amide bonds. The van der Waals surface area contributed by atoms with Crippen molar-refractivity contribution in [3.63, 3.8) is 0 Å². The molecule has 1 aliphatic carbocycles. The zero-order chi connectivity index (χ0) is 15.9. The molecule has 7 nitrogen and oxygen atoms in total. The molecule has 0 aromatic carbocycles. The van der Waals surface area contributed by atoms with Crippen molar-refractivity contribution in [3.05, 3.63) is 0 Å². The summed E-state index contributed by atoms with van der Waals surface area (Å²) >= 11 is 0. The summed E-state index contributed by atoms with van der Waals surface area (Å²) in [4.78, 5) is 34.3. The van der Waals surface area contributed by atoms with E-state index in [-0.39, 0.29) is 13.2 Å². The second-order valence-electron chi connectivity index (χ2n) is 5.79. The van der Waals surface area contributed by atoms with E-state index in [2.05, 4.69) is 4.74 Å². The molecule has 2 aliphatic rings. The smallest absolute Gasteiger partial charge is 0.465 e. The first-order valence-electron chi connectivity index (χ1n) is 7.73. The van der Waals surface area contributed by atoms with Gasteiger partial charge < -0.3 is 18.9 Å². The number of hydrogen-bond acceptors (Lipinski definition) is 7. The van der Waals surface area contributed by atoms with Crippen LogP contribution < -0.4 is 0 Å². The van der Waals surface area contributed by atoms with Crippen molar-refractivity contribution >= 4 is 18.1 Å². The number of cyclic esters (lactones) is 2. The number of rotatable bonds is 6. The van der Waals surface area contributed by atoms with Gasteiger partial charge in [-0.05, 0) is 25.7 Å². The Balaban J connectivity index is 1.65. The molecule has 7 heteroatoms. The Morgan fingerprint density at radius 1 is 1.14 bits per heavy atom. The maximum Gasteiger partial charge on any atom is 0.508 e. The van der Waals surface area contributed by atoms with Crippen LogP contribution in [0.2, 0.25) is 0 Å². The van der Waals surface area contributed by atoms with Gasteiger partial charge >= 0.3 is 18.1 Å². The predicted octanol–water partition coefficient (Wildman–Crippen LogP) is 1.82. The van der Waals surface area contributed by atoms with Crippen molar-refractivity contribution in [1.29, 1.82) is 0 Å². The van der Waals surface area contributed by atoms with Crippen LogP contribution in [0, 0.1) is 11.8 Å². The number of hydrogen-bond donors (Lipinski definition) is 0. The van der Waals surface area contributed by atoms with Gasteiger partial charge in [0.25, 0.3) is 0 Å². The molecule has 124 valence electrons. The molecule has 0 spiro atoms. The summed E-state index contributed by atoms with van der Waals surface area (Å²) < 4.78 is 19.4. The fourth-order valence-corrected chi connectivity index (χ4v) is 2.52. The van der Waals surface area contributed by atoms with E-state index in [1.807, 2.05) is 0 Å². The van der Waals surface area contributed by atoms with Crippen LogP contribution in [-0.4, -0.2) is 44.0 Å². The average molecular weight is 314 g/mol. The predicted molar refractivity (Wildman–Crippen MR) is 73.9 cm³/mol. The van der Waals surface area contributed by atoms with Gasteiger partial charge in [0, 0.05) is 0 Å². The SMILES string of the molecule is CC(C(=O)OCC1CCCCC1)C(=O)OCC1COC(=O)O1. The molecular formula is C15H22O7. The number of carbonyl (C=O) groups is 3. The Labute approximate surface area is 129 Å². The molecule has 2 fully saturated rings. The van der Waals surface area contributed by atoms with Gasteiger partial charge in [-0.3, -0.25) is 9.59 Å². The first kappa shape index (κ1) is 16.6. The second kappa shape index (κ2) is 8.00. The fraction of sp³-hybridized carbons (Fsp3) is 0.800. The van der Waals surface area contributed by atoms with Crippen molar-refractivity contribution < 1.29 is 33.3 Å². The molecule has 2 rings (SSSR count). The molecule has 2 atom stereocenters. The zero-order valence-electron chi connectivity index (χ0n) is 12.7. The lowest BCUT2D eigenvalue weighted by Crippen LogP contribution is -2.30. The summed E-state index contributed by atoms with van der Waals surface area (Å²) in [5.74, 6) is -1.84. The first-order valence-corrected chi connectivity index (χ1v) is 7.73. The van der Waals surface area contributed by atoms with Gasteiger partial charge in [-0.2, -0.15) is 0 Å². The highest BCUT2D eigenvalue weighted by Gasteiger charge is 2.30. The van der Waals surface area contributed by atoms with Gasteiger partial charge in [-0.15, -0.1) is 0 Å². The molecule has 0 bridgehead atoms. The van der Waals surface area contributed by atoms with E-state index in [0.717, 1.165) is 12.8 Å². The Hall–Kier alpha value is -1.79. The van der Waals surface area contributed by atoms with Gasteiger partial charge in [0.05, 0.1) is 6.61 Å². The van der Waals surface area contributed by atoms with Crippen LogP contribution in [0.3, 0.4) is 0 Å². The Morgan fingerprint density at radius 2 is 1.77 bits per heavy atom. The quantitative estimate of drug-likeness (QED) is 0.420. The summed E-state index contributed by atoms with van der Waals surface area (Å²) in [5.41, 5.74) is 0. The standard InChI is InChI=1S/C15H22O7/c1-10(13(16)19-7-11-5-3-2-4-6-11)14(17)20-8-12-9-21-15(18)22-12/h10-12H,2-9H2,1H3. The molecule has 0 aromatic heterocycles. The van der Waals surface area contributed by atoms with E-state index < -0.39 is 30.1 Å². The molecule has 2 unspecified atom stereocenters. The third kappa shape index (κ3) is 4.89. The van der Waals surface area contributed by atoms with Crippen LogP contribution in [0.15, 0.2) is 0 Å². The monoisotopic (exact) mass is 314 g/mol. The molecule has 22 heavy (non-hydrogen) atoms.